The average Bonchev–Trinajstić information content (AvgIpc) is 2.39. The van der Waals surface area contributed by atoms with Gasteiger partial charge in [0.25, 0.3) is 0 Å². The van der Waals surface area contributed by atoms with Crippen molar-refractivity contribution in [3.8, 4) is 0 Å². The maximum atomic E-state index is 13.7. The fraction of sp³-hybridized carbons (Fsp3) is 0.286. The summed E-state index contributed by atoms with van der Waals surface area (Å²) < 4.78 is 13.7. The van der Waals surface area contributed by atoms with Gasteiger partial charge in [-0.3, -0.25) is 0 Å². The van der Waals surface area contributed by atoms with Crippen molar-refractivity contribution in [2.24, 2.45) is 0 Å². The van der Waals surface area contributed by atoms with Gasteiger partial charge in [0.15, 0.2) is 0 Å². The van der Waals surface area contributed by atoms with Crippen molar-refractivity contribution in [3.63, 3.8) is 0 Å². The topological polar surface area (TPSA) is 41.1 Å². The number of benzene rings is 1. The molecule has 0 saturated carbocycles. The summed E-state index contributed by atoms with van der Waals surface area (Å²) in [5, 5.41) is 3.38. The molecule has 1 aromatic heterocycles. The van der Waals surface area contributed by atoms with Crippen molar-refractivity contribution >= 4 is 23.4 Å². The minimum atomic E-state index is -0.343. The first-order chi connectivity index (χ1) is 9.49. The molecule has 0 radical (unpaired) electrons. The smallest absolute Gasteiger partial charge is 0.224 e. The Hall–Kier alpha value is -1.88. The highest BCUT2D eigenvalue weighted by Crippen LogP contribution is 2.20. The molecule has 2 aromatic rings. The lowest BCUT2D eigenvalue weighted by atomic mass is 10.2. The molecule has 0 saturated heterocycles. The second-order valence-corrected chi connectivity index (χ2v) is 5.06. The lowest BCUT2D eigenvalue weighted by Crippen LogP contribution is -2.14. The molecule has 0 spiro atoms. The summed E-state index contributed by atoms with van der Waals surface area (Å²) in [7, 11) is 3.82. The maximum absolute atomic E-state index is 13.7. The molecule has 0 aliphatic heterocycles. The molecule has 6 heteroatoms. The normalized spacial score (nSPS) is 10.4. The van der Waals surface area contributed by atoms with Crippen molar-refractivity contribution in [1.29, 1.82) is 0 Å². The maximum Gasteiger partial charge on any atom is 0.224 e. The Bertz CT molecular complexity index is 596. The Balaban J connectivity index is 2.17. The van der Waals surface area contributed by atoms with Crippen LogP contribution < -0.4 is 10.2 Å². The highest BCUT2D eigenvalue weighted by atomic mass is 35.5. The van der Waals surface area contributed by atoms with Crippen LogP contribution in [0.4, 0.5) is 16.2 Å². The van der Waals surface area contributed by atoms with E-state index >= 15 is 0 Å². The van der Waals surface area contributed by atoms with Crippen LogP contribution in [0.15, 0.2) is 24.4 Å². The highest BCUT2D eigenvalue weighted by Gasteiger charge is 2.09. The summed E-state index contributed by atoms with van der Waals surface area (Å²) in [5.74, 6) is 0.922. The summed E-state index contributed by atoms with van der Waals surface area (Å²) >= 11 is 5.97. The SMILES string of the molecule is Cc1cnc(NCc2c(F)cccc2Cl)nc1N(C)C. The Kier molecular flexibility index (Phi) is 4.39. The number of rotatable bonds is 4. The van der Waals surface area contributed by atoms with Crippen LogP contribution in [0.2, 0.25) is 5.02 Å². The molecule has 20 heavy (non-hydrogen) atoms. The standard InChI is InChI=1S/C14H16ClFN4/c1-9-7-17-14(19-13(9)20(2)3)18-8-10-11(15)5-4-6-12(10)16/h4-7H,8H2,1-3H3,(H,17,18,19). The first-order valence-electron chi connectivity index (χ1n) is 6.16. The lowest BCUT2D eigenvalue weighted by Gasteiger charge is -2.15. The summed E-state index contributed by atoms with van der Waals surface area (Å²) in [6.07, 6.45) is 1.73. The van der Waals surface area contributed by atoms with E-state index in [1.807, 2.05) is 25.9 Å². The monoisotopic (exact) mass is 294 g/mol. The van der Waals surface area contributed by atoms with Gasteiger partial charge in [-0.1, -0.05) is 17.7 Å². The van der Waals surface area contributed by atoms with Crippen LogP contribution in [-0.2, 0) is 6.54 Å². The molecule has 4 nitrogen and oxygen atoms in total. The third-order valence-electron chi connectivity index (χ3n) is 2.85. The van der Waals surface area contributed by atoms with Crippen molar-refractivity contribution in [2.75, 3.05) is 24.3 Å². The molecule has 0 unspecified atom stereocenters. The van der Waals surface area contributed by atoms with Crippen LogP contribution in [0.25, 0.3) is 0 Å². The third-order valence-corrected chi connectivity index (χ3v) is 3.21. The number of hydrogen-bond acceptors (Lipinski definition) is 4. The molecule has 0 aliphatic carbocycles. The zero-order valence-corrected chi connectivity index (χ0v) is 12.4. The minimum Gasteiger partial charge on any atom is -0.362 e. The molecule has 0 bridgehead atoms. The molecular weight excluding hydrogens is 279 g/mol. The zero-order chi connectivity index (χ0) is 14.7. The first-order valence-corrected chi connectivity index (χ1v) is 6.54. The Morgan fingerprint density at radius 1 is 1.35 bits per heavy atom. The Morgan fingerprint density at radius 2 is 2.10 bits per heavy atom. The molecule has 106 valence electrons. The largest absolute Gasteiger partial charge is 0.362 e. The quantitative estimate of drug-likeness (QED) is 0.940. The molecule has 0 atom stereocenters. The molecule has 1 aromatic carbocycles. The van der Waals surface area contributed by atoms with Gasteiger partial charge >= 0.3 is 0 Å². The first kappa shape index (κ1) is 14.5. The highest BCUT2D eigenvalue weighted by molar-refractivity contribution is 6.31. The van der Waals surface area contributed by atoms with E-state index in [1.165, 1.54) is 6.07 Å². The van der Waals surface area contributed by atoms with Crippen LogP contribution in [0.5, 0.6) is 0 Å². The van der Waals surface area contributed by atoms with Crippen LogP contribution in [0, 0.1) is 12.7 Å². The van der Waals surface area contributed by atoms with Crippen LogP contribution >= 0.6 is 11.6 Å². The number of aromatic nitrogens is 2. The predicted molar refractivity (Wildman–Crippen MR) is 79.8 cm³/mol. The fourth-order valence-electron chi connectivity index (χ4n) is 1.84. The molecule has 2 rings (SSSR count). The van der Waals surface area contributed by atoms with Gasteiger partial charge in [-0.25, -0.2) is 9.37 Å². The van der Waals surface area contributed by atoms with E-state index in [0.29, 0.717) is 16.5 Å². The van der Waals surface area contributed by atoms with E-state index in [-0.39, 0.29) is 12.4 Å². The molecular formula is C14H16ClFN4. The van der Waals surface area contributed by atoms with Crippen molar-refractivity contribution in [1.82, 2.24) is 9.97 Å². The van der Waals surface area contributed by atoms with Gasteiger partial charge in [0.2, 0.25) is 5.95 Å². The molecule has 1 heterocycles. The van der Waals surface area contributed by atoms with Gasteiger partial charge in [-0.05, 0) is 19.1 Å². The summed E-state index contributed by atoms with van der Waals surface area (Å²) in [4.78, 5) is 10.5. The van der Waals surface area contributed by atoms with E-state index in [2.05, 4.69) is 15.3 Å². The predicted octanol–water partition coefficient (Wildman–Crippen LogP) is 3.26. The van der Waals surface area contributed by atoms with Gasteiger partial charge in [0.05, 0.1) is 0 Å². The number of halogens is 2. The molecule has 1 N–H and O–H groups in total. The number of nitrogens with one attached hydrogen (secondary N) is 1. The molecule has 0 aliphatic rings. The summed E-state index contributed by atoms with van der Waals surface area (Å²) in [6, 6.07) is 4.61. The van der Waals surface area contributed by atoms with Crippen molar-refractivity contribution in [3.05, 3.63) is 46.4 Å². The number of anilines is 2. The second kappa shape index (κ2) is 6.05. The summed E-state index contributed by atoms with van der Waals surface area (Å²) in [5.41, 5.74) is 1.38. The third kappa shape index (κ3) is 3.17. The van der Waals surface area contributed by atoms with E-state index in [4.69, 9.17) is 11.6 Å². The lowest BCUT2D eigenvalue weighted by molar-refractivity contribution is 0.613. The van der Waals surface area contributed by atoms with Gasteiger partial charge in [-0.2, -0.15) is 4.98 Å². The van der Waals surface area contributed by atoms with Crippen LogP contribution in [-0.4, -0.2) is 24.1 Å². The van der Waals surface area contributed by atoms with E-state index in [9.17, 15) is 4.39 Å². The second-order valence-electron chi connectivity index (χ2n) is 4.65. The fourth-order valence-corrected chi connectivity index (χ4v) is 2.07. The van der Waals surface area contributed by atoms with E-state index in [0.717, 1.165) is 11.4 Å². The zero-order valence-electron chi connectivity index (χ0n) is 11.6. The Labute approximate surface area is 122 Å². The minimum absolute atomic E-state index is 0.238. The number of aryl methyl sites for hydroxylation is 1. The van der Waals surface area contributed by atoms with Crippen molar-refractivity contribution < 1.29 is 4.39 Å². The van der Waals surface area contributed by atoms with E-state index < -0.39 is 0 Å². The molecule has 0 fully saturated rings. The van der Waals surface area contributed by atoms with Gasteiger partial charge < -0.3 is 10.2 Å². The number of nitrogens with zero attached hydrogens (tertiary/aromatic N) is 3. The van der Waals surface area contributed by atoms with Gasteiger partial charge in [0, 0.05) is 43.0 Å². The van der Waals surface area contributed by atoms with E-state index in [1.54, 1.807) is 18.3 Å². The van der Waals surface area contributed by atoms with Crippen LogP contribution in [0.1, 0.15) is 11.1 Å². The summed E-state index contributed by atoms with van der Waals surface area (Å²) in [6.45, 7) is 2.17. The van der Waals surface area contributed by atoms with Gasteiger partial charge in [0.1, 0.15) is 11.6 Å². The Morgan fingerprint density at radius 3 is 2.75 bits per heavy atom. The average molecular weight is 295 g/mol. The van der Waals surface area contributed by atoms with Crippen LogP contribution in [0.3, 0.4) is 0 Å². The van der Waals surface area contributed by atoms with Crippen molar-refractivity contribution in [2.45, 2.75) is 13.5 Å². The van der Waals surface area contributed by atoms with Gasteiger partial charge in [-0.15, -0.1) is 0 Å². The number of hydrogen-bond donors (Lipinski definition) is 1. The molecule has 0 amide bonds.